The Balaban J connectivity index is 1.11. The van der Waals surface area contributed by atoms with Crippen LogP contribution in [-0.4, -0.2) is 24.9 Å². The Hall–Kier alpha value is -7.89. The van der Waals surface area contributed by atoms with E-state index >= 15 is 0 Å². The van der Waals surface area contributed by atoms with Crippen LogP contribution in [0, 0.1) is 0 Å². The van der Waals surface area contributed by atoms with Crippen LogP contribution >= 0.6 is 0 Å². The molecule has 0 aliphatic rings. The summed E-state index contributed by atoms with van der Waals surface area (Å²) in [6.45, 7) is 0. The van der Waals surface area contributed by atoms with E-state index in [0.29, 0.717) is 23.3 Å². The maximum atomic E-state index is 5.16. The van der Waals surface area contributed by atoms with Gasteiger partial charge in [-0.15, -0.1) is 0 Å². The highest BCUT2D eigenvalue weighted by atomic mass is 15.0. The van der Waals surface area contributed by atoms with Crippen LogP contribution in [0.3, 0.4) is 0 Å². The lowest BCUT2D eigenvalue weighted by Gasteiger charge is -2.17. The summed E-state index contributed by atoms with van der Waals surface area (Å²) >= 11 is 0. The zero-order chi connectivity index (χ0) is 38.7. The minimum absolute atomic E-state index is 0.615. The number of nitrogens with zero attached hydrogens (tertiary/aromatic N) is 5. The first-order chi connectivity index (χ1) is 28.7. The molecule has 0 saturated carbocycles. The highest BCUT2D eigenvalue weighted by molar-refractivity contribution is 5.95. The number of hydrogen-bond donors (Lipinski definition) is 0. The van der Waals surface area contributed by atoms with Crippen LogP contribution < -0.4 is 0 Å². The second-order valence-electron chi connectivity index (χ2n) is 14.1. The Kier molecular flexibility index (Phi) is 9.14. The van der Waals surface area contributed by atoms with Crippen LogP contribution in [0.1, 0.15) is 0 Å². The molecular formula is C53H35N5. The second kappa shape index (κ2) is 15.3. The van der Waals surface area contributed by atoms with Crippen LogP contribution in [-0.2, 0) is 0 Å². The fourth-order valence-electron chi connectivity index (χ4n) is 7.52. The number of aromatic nitrogens is 5. The molecule has 5 heteroatoms. The van der Waals surface area contributed by atoms with Gasteiger partial charge < -0.3 is 0 Å². The molecule has 0 unspecified atom stereocenters. The van der Waals surface area contributed by atoms with E-state index in [1.807, 2.05) is 97.1 Å². The summed E-state index contributed by atoms with van der Waals surface area (Å²) in [6, 6.07) is 72.9. The minimum Gasteiger partial charge on any atom is -0.228 e. The van der Waals surface area contributed by atoms with Crippen LogP contribution in [0.5, 0.6) is 0 Å². The van der Waals surface area contributed by atoms with Crippen LogP contribution in [0.4, 0.5) is 0 Å². The lowest BCUT2D eigenvalue weighted by molar-refractivity contribution is 1.07. The molecule has 0 amide bonds. The Bertz CT molecular complexity index is 2980. The number of fused-ring (bicyclic) bond motifs is 1. The van der Waals surface area contributed by atoms with Crippen molar-refractivity contribution in [3.63, 3.8) is 0 Å². The third kappa shape index (κ3) is 6.82. The Morgan fingerprint density at radius 2 is 0.690 bits per heavy atom. The third-order valence-electron chi connectivity index (χ3n) is 10.4. The second-order valence-corrected chi connectivity index (χ2v) is 14.1. The average Bonchev–Trinajstić information content (AvgIpc) is 3.32. The Morgan fingerprint density at radius 1 is 0.224 bits per heavy atom. The van der Waals surface area contributed by atoms with E-state index in [9.17, 15) is 0 Å². The summed E-state index contributed by atoms with van der Waals surface area (Å²) < 4.78 is 0. The van der Waals surface area contributed by atoms with E-state index in [4.69, 9.17) is 24.9 Å². The highest BCUT2D eigenvalue weighted by Gasteiger charge is 2.19. The maximum Gasteiger partial charge on any atom is 0.164 e. The molecule has 0 N–H and O–H groups in total. The summed E-state index contributed by atoms with van der Waals surface area (Å²) in [5.74, 6) is 2.56. The monoisotopic (exact) mass is 741 g/mol. The summed E-state index contributed by atoms with van der Waals surface area (Å²) in [5.41, 5.74) is 13.1. The molecule has 272 valence electrons. The van der Waals surface area contributed by atoms with E-state index < -0.39 is 0 Å². The maximum absolute atomic E-state index is 5.16. The molecule has 10 aromatic rings. The standard InChI is InChI=1S/C53H35N5/c1-5-18-36(19-6-1)47-35-41(40-26-17-27-42(34-40)52-54-48-31-16-15-30-46(48)49(55-52)37-20-7-2-8-21-37)32-33-44(47)43-28-13-14-29-45(43)53-57-50(38-22-9-3-10-23-38)56-51(58-53)39-24-11-4-12-25-39/h1-35H. The molecule has 0 aliphatic carbocycles. The van der Waals surface area contributed by atoms with Crippen molar-refractivity contribution >= 4 is 10.9 Å². The molecule has 0 saturated heterocycles. The van der Waals surface area contributed by atoms with E-state index in [-0.39, 0.29) is 0 Å². The molecule has 5 nitrogen and oxygen atoms in total. The van der Waals surface area contributed by atoms with Gasteiger partial charge in [-0.05, 0) is 51.6 Å². The zero-order valence-corrected chi connectivity index (χ0v) is 31.4. The molecule has 0 spiro atoms. The van der Waals surface area contributed by atoms with Crippen molar-refractivity contribution in [2.75, 3.05) is 0 Å². The molecule has 0 bridgehead atoms. The van der Waals surface area contributed by atoms with Crippen LogP contribution in [0.25, 0.3) is 101 Å². The molecular weight excluding hydrogens is 707 g/mol. The van der Waals surface area contributed by atoms with E-state index in [2.05, 4.69) is 115 Å². The van der Waals surface area contributed by atoms with Gasteiger partial charge in [0.15, 0.2) is 23.3 Å². The van der Waals surface area contributed by atoms with Gasteiger partial charge >= 0.3 is 0 Å². The predicted octanol–water partition coefficient (Wildman–Crippen LogP) is 13.2. The first-order valence-corrected chi connectivity index (χ1v) is 19.3. The predicted molar refractivity (Wildman–Crippen MR) is 236 cm³/mol. The van der Waals surface area contributed by atoms with Crippen molar-refractivity contribution in [3.8, 4) is 90.2 Å². The van der Waals surface area contributed by atoms with Gasteiger partial charge in [-0.25, -0.2) is 24.9 Å². The molecule has 0 aliphatic heterocycles. The van der Waals surface area contributed by atoms with Gasteiger partial charge in [-0.2, -0.15) is 0 Å². The van der Waals surface area contributed by atoms with E-state index in [1.54, 1.807) is 0 Å². The van der Waals surface area contributed by atoms with Crippen molar-refractivity contribution in [2.24, 2.45) is 0 Å². The first kappa shape index (κ1) is 34.6. The zero-order valence-electron chi connectivity index (χ0n) is 31.4. The Labute approximate surface area is 337 Å². The molecule has 0 atom stereocenters. The molecule has 2 aromatic heterocycles. The minimum atomic E-state index is 0.615. The molecule has 0 fully saturated rings. The third-order valence-corrected chi connectivity index (χ3v) is 10.4. The number of para-hydroxylation sites is 1. The number of hydrogen-bond acceptors (Lipinski definition) is 5. The largest absolute Gasteiger partial charge is 0.228 e. The summed E-state index contributed by atoms with van der Waals surface area (Å²) in [4.78, 5) is 25.4. The van der Waals surface area contributed by atoms with Gasteiger partial charge in [0.1, 0.15) is 0 Å². The lowest BCUT2D eigenvalue weighted by atomic mass is 9.88. The number of benzene rings is 8. The number of rotatable bonds is 8. The molecule has 10 rings (SSSR count). The van der Waals surface area contributed by atoms with Crippen molar-refractivity contribution in [2.45, 2.75) is 0 Å². The van der Waals surface area contributed by atoms with Gasteiger partial charge in [-0.1, -0.05) is 194 Å². The smallest absolute Gasteiger partial charge is 0.164 e. The van der Waals surface area contributed by atoms with E-state index in [1.165, 1.54) is 0 Å². The van der Waals surface area contributed by atoms with Gasteiger partial charge in [0, 0.05) is 33.2 Å². The molecule has 0 radical (unpaired) electrons. The summed E-state index contributed by atoms with van der Waals surface area (Å²) in [7, 11) is 0. The summed E-state index contributed by atoms with van der Waals surface area (Å²) in [5, 5.41) is 1.03. The first-order valence-electron chi connectivity index (χ1n) is 19.3. The lowest BCUT2D eigenvalue weighted by Crippen LogP contribution is -2.01. The van der Waals surface area contributed by atoms with Gasteiger partial charge in [0.2, 0.25) is 0 Å². The topological polar surface area (TPSA) is 64.5 Å². The van der Waals surface area contributed by atoms with Crippen LogP contribution in [0.2, 0.25) is 0 Å². The average molecular weight is 742 g/mol. The highest BCUT2D eigenvalue weighted by Crippen LogP contribution is 2.41. The normalized spacial score (nSPS) is 11.1. The SMILES string of the molecule is c1ccc(-c2nc(-c3ccccc3)nc(-c3ccccc3-c3ccc(-c4cccc(-c5nc(-c6ccccc6)c6ccccc6n5)c4)cc3-c3ccccc3)n2)cc1. The molecule has 8 aromatic carbocycles. The van der Waals surface area contributed by atoms with Gasteiger partial charge in [0.25, 0.3) is 0 Å². The fourth-order valence-corrected chi connectivity index (χ4v) is 7.52. The van der Waals surface area contributed by atoms with Crippen molar-refractivity contribution in [3.05, 3.63) is 212 Å². The van der Waals surface area contributed by atoms with Gasteiger partial charge in [0.05, 0.1) is 11.2 Å². The summed E-state index contributed by atoms with van der Waals surface area (Å²) in [6.07, 6.45) is 0. The van der Waals surface area contributed by atoms with Crippen LogP contribution in [0.15, 0.2) is 212 Å². The van der Waals surface area contributed by atoms with Crippen molar-refractivity contribution < 1.29 is 0 Å². The van der Waals surface area contributed by atoms with Gasteiger partial charge in [-0.3, -0.25) is 0 Å². The molecule has 58 heavy (non-hydrogen) atoms. The quantitative estimate of drug-likeness (QED) is 0.155. The Morgan fingerprint density at radius 3 is 1.36 bits per heavy atom. The molecule has 2 heterocycles. The van der Waals surface area contributed by atoms with Crippen molar-refractivity contribution in [1.29, 1.82) is 0 Å². The van der Waals surface area contributed by atoms with E-state index in [0.717, 1.165) is 77.8 Å². The van der Waals surface area contributed by atoms with Crippen molar-refractivity contribution in [1.82, 2.24) is 24.9 Å². The fraction of sp³-hybridized carbons (Fsp3) is 0.